The van der Waals surface area contributed by atoms with Gasteiger partial charge in [0.05, 0.1) is 5.39 Å². The Bertz CT molecular complexity index is 1170. The first kappa shape index (κ1) is 21.5. The summed E-state index contributed by atoms with van der Waals surface area (Å²) >= 11 is 1.58. The molecule has 0 fully saturated rings. The van der Waals surface area contributed by atoms with Crippen molar-refractivity contribution in [3.8, 4) is 0 Å². The lowest BCUT2D eigenvalue weighted by atomic mass is 9.72. The summed E-state index contributed by atoms with van der Waals surface area (Å²) in [6, 6.07) is 7.53. The molecule has 1 aliphatic rings. The van der Waals surface area contributed by atoms with Crippen LogP contribution in [0, 0.1) is 11.3 Å². The highest BCUT2D eigenvalue weighted by atomic mass is 32.1. The molecule has 2 heterocycles. The molecular weight excluding hydrogens is 410 g/mol. The predicted octanol–water partition coefficient (Wildman–Crippen LogP) is 3.71. The van der Waals surface area contributed by atoms with E-state index in [0.717, 1.165) is 30.5 Å². The Morgan fingerprint density at radius 1 is 1.26 bits per heavy atom. The maximum atomic E-state index is 13.1. The fourth-order valence-corrected chi connectivity index (χ4v) is 5.38. The standard InChI is InChI=1S/C23H29N5O2S/c1-23(2,3)14-6-11-17-18(12-14)31-21-20(17)22(30)28(26-25-21)13-19(29)24-15-7-9-16(10-8-15)27(4)5/h7-10,14H,6,11-13H2,1-5H3,(H,24,29)/t14-/m1/s1. The molecule has 0 aliphatic heterocycles. The average molecular weight is 440 g/mol. The van der Waals surface area contributed by atoms with Crippen molar-refractivity contribution in [2.75, 3.05) is 24.3 Å². The molecule has 1 aliphatic carbocycles. The molecule has 1 N–H and O–H groups in total. The molecule has 1 aromatic carbocycles. The molecule has 0 saturated carbocycles. The van der Waals surface area contributed by atoms with E-state index in [-0.39, 0.29) is 23.4 Å². The van der Waals surface area contributed by atoms with E-state index >= 15 is 0 Å². The third-order valence-electron chi connectivity index (χ3n) is 6.12. The molecule has 0 bridgehead atoms. The van der Waals surface area contributed by atoms with E-state index in [4.69, 9.17) is 0 Å². The van der Waals surface area contributed by atoms with Crippen LogP contribution in [-0.2, 0) is 24.2 Å². The topological polar surface area (TPSA) is 80.1 Å². The summed E-state index contributed by atoms with van der Waals surface area (Å²) in [5, 5.41) is 11.8. The fourth-order valence-electron chi connectivity index (χ4n) is 4.15. The molecule has 31 heavy (non-hydrogen) atoms. The summed E-state index contributed by atoms with van der Waals surface area (Å²) in [6.45, 7) is 6.66. The van der Waals surface area contributed by atoms with Crippen LogP contribution in [0.3, 0.4) is 0 Å². The Balaban J connectivity index is 1.54. The van der Waals surface area contributed by atoms with E-state index in [2.05, 4.69) is 36.4 Å². The highest BCUT2D eigenvalue weighted by Gasteiger charge is 2.32. The number of hydrogen-bond acceptors (Lipinski definition) is 6. The van der Waals surface area contributed by atoms with Gasteiger partial charge >= 0.3 is 0 Å². The molecular formula is C23H29N5O2S. The summed E-state index contributed by atoms with van der Waals surface area (Å²) in [5.74, 6) is 0.290. The van der Waals surface area contributed by atoms with Gasteiger partial charge in [-0.2, -0.15) is 0 Å². The number of benzene rings is 1. The van der Waals surface area contributed by atoms with Gasteiger partial charge in [0.2, 0.25) is 5.91 Å². The van der Waals surface area contributed by atoms with Crippen molar-refractivity contribution >= 4 is 38.8 Å². The summed E-state index contributed by atoms with van der Waals surface area (Å²) < 4.78 is 1.18. The number of aryl methyl sites for hydroxylation is 1. The lowest BCUT2D eigenvalue weighted by Crippen LogP contribution is -2.31. The summed E-state index contributed by atoms with van der Waals surface area (Å²) in [5.41, 5.74) is 2.84. The lowest BCUT2D eigenvalue weighted by molar-refractivity contribution is -0.117. The predicted molar refractivity (Wildman–Crippen MR) is 126 cm³/mol. The quantitative estimate of drug-likeness (QED) is 0.670. The first-order valence-corrected chi connectivity index (χ1v) is 11.4. The molecule has 4 rings (SSSR count). The highest BCUT2D eigenvalue weighted by Crippen LogP contribution is 2.41. The number of rotatable bonds is 4. The van der Waals surface area contributed by atoms with Crippen molar-refractivity contribution in [3.63, 3.8) is 0 Å². The van der Waals surface area contributed by atoms with Gasteiger partial charge in [-0.25, -0.2) is 4.68 Å². The Hall–Kier alpha value is -2.74. The van der Waals surface area contributed by atoms with Crippen molar-refractivity contribution in [2.24, 2.45) is 11.3 Å². The number of nitrogens with one attached hydrogen (secondary N) is 1. The smallest absolute Gasteiger partial charge is 0.279 e. The average Bonchev–Trinajstić information content (AvgIpc) is 3.08. The summed E-state index contributed by atoms with van der Waals surface area (Å²) in [7, 11) is 3.92. The Labute approximate surface area is 186 Å². The minimum atomic E-state index is -0.301. The second-order valence-electron chi connectivity index (χ2n) is 9.53. The third kappa shape index (κ3) is 4.35. The Kier molecular flexibility index (Phi) is 5.60. The highest BCUT2D eigenvalue weighted by molar-refractivity contribution is 7.18. The van der Waals surface area contributed by atoms with Crippen LogP contribution in [0.4, 0.5) is 11.4 Å². The van der Waals surface area contributed by atoms with Crippen LogP contribution in [0.5, 0.6) is 0 Å². The number of amides is 1. The van der Waals surface area contributed by atoms with Crippen LogP contribution in [-0.4, -0.2) is 35.0 Å². The number of thiophene rings is 1. The van der Waals surface area contributed by atoms with Gasteiger partial charge in [-0.05, 0) is 60.4 Å². The van der Waals surface area contributed by atoms with E-state index in [1.807, 2.05) is 43.3 Å². The lowest BCUT2D eigenvalue weighted by Gasteiger charge is -2.33. The summed E-state index contributed by atoms with van der Waals surface area (Å²) in [6.07, 6.45) is 2.92. The van der Waals surface area contributed by atoms with Crippen molar-refractivity contribution < 1.29 is 4.79 Å². The largest absolute Gasteiger partial charge is 0.378 e. The van der Waals surface area contributed by atoms with Gasteiger partial charge in [-0.1, -0.05) is 26.0 Å². The van der Waals surface area contributed by atoms with Gasteiger partial charge < -0.3 is 10.2 Å². The van der Waals surface area contributed by atoms with Gasteiger partial charge in [-0.15, -0.1) is 16.4 Å². The zero-order chi connectivity index (χ0) is 22.3. The Morgan fingerprint density at radius 3 is 2.61 bits per heavy atom. The van der Waals surface area contributed by atoms with E-state index in [0.29, 0.717) is 21.8 Å². The van der Waals surface area contributed by atoms with Gasteiger partial charge in [-0.3, -0.25) is 9.59 Å². The van der Waals surface area contributed by atoms with E-state index in [1.54, 1.807) is 11.3 Å². The van der Waals surface area contributed by atoms with Gasteiger partial charge in [0.1, 0.15) is 6.54 Å². The van der Waals surface area contributed by atoms with Crippen molar-refractivity contribution in [2.45, 2.75) is 46.6 Å². The third-order valence-corrected chi connectivity index (χ3v) is 7.26. The van der Waals surface area contributed by atoms with E-state index < -0.39 is 0 Å². The molecule has 2 aromatic heterocycles. The maximum absolute atomic E-state index is 13.1. The van der Waals surface area contributed by atoms with Crippen LogP contribution in [0.25, 0.3) is 10.2 Å². The molecule has 0 radical (unpaired) electrons. The second kappa shape index (κ2) is 8.07. The van der Waals surface area contributed by atoms with Gasteiger partial charge in [0.25, 0.3) is 5.56 Å². The first-order chi connectivity index (χ1) is 14.6. The van der Waals surface area contributed by atoms with Crippen LogP contribution in [0.2, 0.25) is 0 Å². The zero-order valence-corrected chi connectivity index (χ0v) is 19.5. The molecule has 1 atom stereocenters. The SMILES string of the molecule is CN(C)c1ccc(NC(=O)Cn2nnc3sc4c(c3c2=O)CC[C@@H](C(C)(C)C)C4)cc1. The number of nitrogens with zero attached hydrogens (tertiary/aromatic N) is 4. The molecule has 0 unspecified atom stereocenters. The zero-order valence-electron chi connectivity index (χ0n) is 18.7. The van der Waals surface area contributed by atoms with Crippen molar-refractivity contribution in [1.82, 2.24) is 15.0 Å². The molecule has 1 amide bonds. The van der Waals surface area contributed by atoms with Gasteiger partial charge in [0, 0.05) is 30.3 Å². The van der Waals surface area contributed by atoms with Crippen LogP contribution >= 0.6 is 11.3 Å². The summed E-state index contributed by atoms with van der Waals surface area (Å²) in [4.78, 5) is 29.6. The minimum absolute atomic E-state index is 0.160. The number of fused-ring (bicyclic) bond motifs is 3. The normalized spacial score (nSPS) is 16.2. The molecule has 8 heteroatoms. The van der Waals surface area contributed by atoms with Crippen LogP contribution in [0.15, 0.2) is 29.1 Å². The van der Waals surface area contributed by atoms with Crippen molar-refractivity contribution in [1.29, 1.82) is 0 Å². The van der Waals surface area contributed by atoms with E-state index in [9.17, 15) is 9.59 Å². The first-order valence-electron chi connectivity index (χ1n) is 10.6. The number of carbonyl (C=O) groups excluding carboxylic acids is 1. The Morgan fingerprint density at radius 2 is 1.97 bits per heavy atom. The molecule has 0 saturated heterocycles. The molecule has 164 valence electrons. The van der Waals surface area contributed by atoms with Crippen molar-refractivity contribution in [3.05, 3.63) is 45.1 Å². The number of hydrogen-bond donors (Lipinski definition) is 1. The van der Waals surface area contributed by atoms with Crippen LogP contribution < -0.4 is 15.8 Å². The monoisotopic (exact) mass is 439 g/mol. The number of aromatic nitrogens is 3. The molecule has 0 spiro atoms. The number of carbonyl (C=O) groups is 1. The van der Waals surface area contributed by atoms with Crippen LogP contribution in [0.1, 0.15) is 37.6 Å². The number of anilines is 2. The van der Waals surface area contributed by atoms with Gasteiger partial charge in [0.15, 0.2) is 4.83 Å². The van der Waals surface area contributed by atoms with E-state index in [1.165, 1.54) is 9.56 Å². The molecule has 7 nitrogen and oxygen atoms in total. The molecule has 3 aromatic rings. The second-order valence-corrected chi connectivity index (χ2v) is 10.6. The fraction of sp³-hybridized carbons (Fsp3) is 0.478. The maximum Gasteiger partial charge on any atom is 0.279 e. The minimum Gasteiger partial charge on any atom is -0.378 e.